The van der Waals surface area contributed by atoms with Crippen molar-refractivity contribution in [3.63, 3.8) is 0 Å². The number of esters is 1. The Morgan fingerprint density at radius 3 is 2.39 bits per heavy atom. The molecule has 8 unspecified atom stereocenters. The molecule has 6 heteroatoms. The van der Waals surface area contributed by atoms with Gasteiger partial charge in [-0.2, -0.15) is 5.26 Å². The first-order valence-electron chi connectivity index (χ1n) is 14.3. The van der Waals surface area contributed by atoms with E-state index in [1.807, 2.05) is 13.0 Å². The van der Waals surface area contributed by atoms with Crippen LogP contribution in [0.3, 0.4) is 0 Å². The molecule has 0 saturated heterocycles. The Morgan fingerprint density at radius 2 is 1.76 bits per heavy atom. The summed E-state index contributed by atoms with van der Waals surface area (Å²) < 4.78 is 5.62. The predicted octanol–water partition coefficient (Wildman–Crippen LogP) is 5.49. The molecule has 6 nitrogen and oxygen atoms in total. The van der Waals surface area contributed by atoms with Crippen LogP contribution in [-0.4, -0.2) is 34.9 Å². The Morgan fingerprint density at radius 1 is 1.11 bits per heavy atom. The Labute approximate surface area is 226 Å². The van der Waals surface area contributed by atoms with E-state index in [4.69, 9.17) is 4.74 Å². The summed E-state index contributed by atoms with van der Waals surface area (Å²) in [5.74, 6) is -1.33. The third-order valence-electron chi connectivity index (χ3n) is 12.4. The maximum atomic E-state index is 14.4. The summed E-state index contributed by atoms with van der Waals surface area (Å²) >= 11 is 0. The number of hydrogen-bond donors (Lipinski definition) is 1. The summed E-state index contributed by atoms with van der Waals surface area (Å²) in [4.78, 5) is 39.2. The molecule has 0 spiro atoms. The molecule has 3 saturated carbocycles. The molecule has 0 bridgehead atoms. The van der Waals surface area contributed by atoms with Crippen LogP contribution in [0.25, 0.3) is 0 Å². The molecule has 1 N–H and O–H groups in total. The number of fused-ring (bicyclic) bond motifs is 7. The molecule has 5 rings (SSSR count). The van der Waals surface area contributed by atoms with Gasteiger partial charge in [-0.3, -0.25) is 14.4 Å². The monoisotopic (exact) mass is 521 g/mol. The van der Waals surface area contributed by atoms with Gasteiger partial charge in [-0.1, -0.05) is 47.6 Å². The highest BCUT2D eigenvalue weighted by molar-refractivity contribution is 6.03. The van der Waals surface area contributed by atoms with E-state index in [-0.39, 0.29) is 52.9 Å². The van der Waals surface area contributed by atoms with Crippen molar-refractivity contribution in [2.45, 2.75) is 99.0 Å². The first-order chi connectivity index (χ1) is 17.5. The van der Waals surface area contributed by atoms with Crippen LogP contribution in [0.1, 0.15) is 93.4 Å². The van der Waals surface area contributed by atoms with Crippen LogP contribution in [0.2, 0.25) is 0 Å². The first-order valence-corrected chi connectivity index (χ1v) is 14.3. The van der Waals surface area contributed by atoms with E-state index in [1.54, 1.807) is 6.08 Å². The van der Waals surface area contributed by atoms with Gasteiger partial charge in [0.25, 0.3) is 0 Å². The second-order valence-electron chi connectivity index (χ2n) is 14.7. The van der Waals surface area contributed by atoms with Crippen LogP contribution in [0, 0.1) is 56.2 Å². The zero-order chi connectivity index (χ0) is 28.1. The van der Waals surface area contributed by atoms with Crippen molar-refractivity contribution < 1.29 is 24.2 Å². The molecule has 5 aliphatic carbocycles. The first kappa shape index (κ1) is 27.3. The van der Waals surface area contributed by atoms with E-state index in [0.717, 1.165) is 37.7 Å². The summed E-state index contributed by atoms with van der Waals surface area (Å²) in [7, 11) is 0. The molecule has 0 aromatic carbocycles. The van der Waals surface area contributed by atoms with Crippen molar-refractivity contribution in [3.8, 4) is 6.07 Å². The molecule has 0 radical (unpaired) electrons. The number of aliphatic hydroxyl groups is 1. The van der Waals surface area contributed by atoms with Gasteiger partial charge in [-0.25, -0.2) is 0 Å². The highest BCUT2D eigenvalue weighted by atomic mass is 16.5. The van der Waals surface area contributed by atoms with Crippen LogP contribution < -0.4 is 0 Å². The fraction of sp³-hybridized carbons (Fsp3) is 0.750. The molecular formula is C32H43NO5. The maximum Gasteiger partial charge on any atom is 0.302 e. The Kier molecular flexibility index (Phi) is 5.84. The molecule has 0 aliphatic heterocycles. The minimum absolute atomic E-state index is 0.00859. The Bertz CT molecular complexity index is 1220. The van der Waals surface area contributed by atoms with E-state index in [9.17, 15) is 24.8 Å². The van der Waals surface area contributed by atoms with Crippen molar-refractivity contribution in [3.05, 3.63) is 23.3 Å². The van der Waals surface area contributed by atoms with Gasteiger partial charge in [0.15, 0.2) is 11.6 Å². The Balaban J connectivity index is 1.70. The molecule has 38 heavy (non-hydrogen) atoms. The number of ketones is 2. The van der Waals surface area contributed by atoms with E-state index < -0.39 is 27.3 Å². The number of carbonyl (C=O) groups is 3. The number of hydrogen-bond acceptors (Lipinski definition) is 6. The standard InChI is InChI=1S/C32H43NO5/c1-19-22-8-9-29(6)23(28(22,5)15-21(17-33)26(19)36)14-25(35)32(37)24-16-27(3,4)10-12-31(24,18-38-20(2)34)13-11-30(29,32)7/h14-15,19,22,24,37H,8-13,16,18H2,1-7H3. The van der Waals surface area contributed by atoms with Crippen molar-refractivity contribution >= 4 is 17.5 Å². The molecule has 0 aromatic heterocycles. The molecular weight excluding hydrogens is 478 g/mol. The zero-order valence-corrected chi connectivity index (χ0v) is 24.1. The van der Waals surface area contributed by atoms with E-state index in [0.29, 0.717) is 12.8 Å². The quantitative estimate of drug-likeness (QED) is 0.482. The molecule has 206 valence electrons. The van der Waals surface area contributed by atoms with E-state index in [1.165, 1.54) is 6.92 Å². The van der Waals surface area contributed by atoms with Crippen LogP contribution in [0.15, 0.2) is 23.3 Å². The van der Waals surface area contributed by atoms with Crippen LogP contribution in [0.5, 0.6) is 0 Å². The summed E-state index contributed by atoms with van der Waals surface area (Å²) in [6.45, 7) is 14.4. The average Bonchev–Trinajstić information content (AvgIpc) is 2.84. The van der Waals surface area contributed by atoms with Gasteiger partial charge in [-0.05, 0) is 73.3 Å². The van der Waals surface area contributed by atoms with Gasteiger partial charge >= 0.3 is 5.97 Å². The highest BCUT2D eigenvalue weighted by Crippen LogP contribution is 2.74. The lowest BCUT2D eigenvalue weighted by Gasteiger charge is -2.71. The van der Waals surface area contributed by atoms with Gasteiger partial charge < -0.3 is 9.84 Å². The Hall–Kier alpha value is -2.26. The summed E-state index contributed by atoms with van der Waals surface area (Å²) in [6, 6.07) is 2.12. The lowest BCUT2D eigenvalue weighted by Crippen LogP contribution is -2.74. The number of allylic oxidation sites excluding steroid dienone is 3. The molecule has 0 amide bonds. The van der Waals surface area contributed by atoms with Crippen molar-refractivity contribution in [2.24, 2.45) is 44.8 Å². The smallest absolute Gasteiger partial charge is 0.302 e. The molecule has 0 heterocycles. The van der Waals surface area contributed by atoms with E-state index >= 15 is 0 Å². The second-order valence-corrected chi connectivity index (χ2v) is 14.7. The highest BCUT2D eigenvalue weighted by Gasteiger charge is 2.75. The van der Waals surface area contributed by atoms with Crippen molar-refractivity contribution in [2.75, 3.05) is 6.61 Å². The second kappa shape index (κ2) is 8.13. The number of nitrogens with zero attached hydrogens (tertiary/aromatic N) is 1. The summed E-state index contributed by atoms with van der Waals surface area (Å²) in [5.41, 5.74) is -2.77. The fourth-order valence-electron chi connectivity index (χ4n) is 9.87. The van der Waals surface area contributed by atoms with Gasteiger partial charge in [0.05, 0.1) is 12.2 Å². The maximum absolute atomic E-state index is 14.4. The number of rotatable bonds is 2. The minimum atomic E-state index is -1.59. The van der Waals surface area contributed by atoms with Crippen LogP contribution in [-0.2, 0) is 19.1 Å². The third-order valence-corrected chi connectivity index (χ3v) is 12.4. The van der Waals surface area contributed by atoms with E-state index in [2.05, 4.69) is 40.7 Å². The predicted molar refractivity (Wildman–Crippen MR) is 142 cm³/mol. The SMILES string of the molecule is CC(=O)OCC12CCC(C)(C)CC1C1(O)C(=O)C=C3C4(C)C=C(C#N)C(=O)C(C)C4CCC3(C)C1(C)CC2. The van der Waals surface area contributed by atoms with Gasteiger partial charge in [0.2, 0.25) is 0 Å². The van der Waals surface area contributed by atoms with Crippen LogP contribution in [0.4, 0.5) is 0 Å². The molecule has 5 aliphatic rings. The third kappa shape index (κ3) is 3.23. The summed E-state index contributed by atoms with van der Waals surface area (Å²) in [5, 5.41) is 22.7. The molecule has 3 fully saturated rings. The normalized spacial score (nSPS) is 47.3. The van der Waals surface area contributed by atoms with Crippen molar-refractivity contribution in [1.29, 1.82) is 5.26 Å². The molecule has 8 atom stereocenters. The lowest BCUT2D eigenvalue weighted by molar-refractivity contribution is -0.251. The zero-order valence-electron chi connectivity index (χ0n) is 24.1. The summed E-state index contributed by atoms with van der Waals surface area (Å²) in [6.07, 6.45) is 8.97. The van der Waals surface area contributed by atoms with Gasteiger partial charge in [-0.15, -0.1) is 0 Å². The average molecular weight is 522 g/mol. The number of ether oxygens (including phenoxy) is 1. The largest absolute Gasteiger partial charge is 0.465 e. The lowest BCUT2D eigenvalue weighted by atomic mass is 9.33. The molecule has 0 aromatic rings. The number of carbonyl (C=O) groups excluding carboxylic acids is 3. The van der Waals surface area contributed by atoms with Gasteiger partial charge in [0, 0.05) is 35.0 Å². The minimum Gasteiger partial charge on any atom is -0.465 e. The fourth-order valence-corrected chi connectivity index (χ4v) is 9.87. The van der Waals surface area contributed by atoms with Crippen LogP contribution >= 0.6 is 0 Å². The van der Waals surface area contributed by atoms with Crippen molar-refractivity contribution in [1.82, 2.24) is 0 Å². The number of Topliss-reactive ketones (excluding diaryl/α,β-unsaturated/α-hetero) is 1. The topological polar surface area (TPSA) is 104 Å². The van der Waals surface area contributed by atoms with Gasteiger partial charge in [0.1, 0.15) is 11.7 Å². The number of nitriles is 1.